The number of nitrogens with zero attached hydrogens (tertiary/aromatic N) is 3. The second kappa shape index (κ2) is 10.5. The Balaban J connectivity index is 0.00000361. The van der Waals surface area contributed by atoms with Crippen molar-refractivity contribution >= 4 is 18.3 Å². The van der Waals surface area contributed by atoms with Crippen molar-refractivity contribution in [1.82, 2.24) is 14.5 Å². The van der Waals surface area contributed by atoms with Gasteiger partial charge in [0.25, 0.3) is 0 Å². The molecule has 0 bridgehead atoms. The van der Waals surface area contributed by atoms with E-state index in [0.717, 1.165) is 16.7 Å². The highest BCUT2D eigenvalue weighted by Gasteiger charge is 2.40. The summed E-state index contributed by atoms with van der Waals surface area (Å²) in [5.74, 6) is -5.80. The Morgan fingerprint density at radius 2 is 1.64 bits per heavy atom. The van der Waals surface area contributed by atoms with Crippen LogP contribution in [0.5, 0.6) is 0 Å². The minimum atomic E-state index is -4.74. The molecule has 1 amide bonds. The first-order chi connectivity index (χ1) is 16.4. The zero-order valence-corrected chi connectivity index (χ0v) is 19.3. The summed E-state index contributed by atoms with van der Waals surface area (Å²) in [7, 11) is 0. The van der Waals surface area contributed by atoms with Gasteiger partial charge in [-0.2, -0.15) is 13.2 Å². The normalized spacial score (nSPS) is 14.3. The molecule has 1 aliphatic rings. The van der Waals surface area contributed by atoms with Crippen molar-refractivity contribution in [2.45, 2.75) is 38.1 Å². The molecule has 4 rings (SSSR count). The summed E-state index contributed by atoms with van der Waals surface area (Å²) >= 11 is 0. The molecule has 36 heavy (non-hydrogen) atoms. The van der Waals surface area contributed by atoms with Crippen LogP contribution in [0.15, 0.2) is 36.4 Å². The lowest BCUT2D eigenvalue weighted by molar-refractivity contribution is -0.148. The molecule has 0 aliphatic carbocycles. The van der Waals surface area contributed by atoms with Crippen molar-refractivity contribution in [2.75, 3.05) is 6.54 Å². The predicted molar refractivity (Wildman–Crippen MR) is 118 cm³/mol. The van der Waals surface area contributed by atoms with Crippen LogP contribution < -0.4 is 5.73 Å². The lowest BCUT2D eigenvalue weighted by atomic mass is 10.0. The smallest absolute Gasteiger partial charge is 0.335 e. The molecule has 3 aromatic rings. The molecule has 2 heterocycles. The van der Waals surface area contributed by atoms with Gasteiger partial charge in [-0.05, 0) is 42.3 Å². The van der Waals surface area contributed by atoms with Crippen molar-refractivity contribution in [3.05, 3.63) is 76.7 Å². The number of fused-ring (bicyclic) bond motifs is 1. The number of alkyl halides is 3. The highest BCUT2D eigenvalue weighted by atomic mass is 35.5. The Labute approximate surface area is 207 Å². The Bertz CT molecular complexity index is 1260. The van der Waals surface area contributed by atoms with Crippen molar-refractivity contribution in [3.8, 4) is 11.3 Å². The maximum Gasteiger partial charge on any atom is 0.449 e. The van der Waals surface area contributed by atoms with Crippen LogP contribution in [0.1, 0.15) is 23.5 Å². The van der Waals surface area contributed by atoms with E-state index in [1.807, 2.05) is 0 Å². The predicted octanol–water partition coefficient (Wildman–Crippen LogP) is 4.85. The van der Waals surface area contributed by atoms with Crippen LogP contribution in [0, 0.1) is 23.3 Å². The van der Waals surface area contributed by atoms with E-state index in [-0.39, 0.29) is 67.4 Å². The number of benzene rings is 2. The fourth-order valence-electron chi connectivity index (χ4n) is 4.06. The molecule has 0 saturated carbocycles. The van der Waals surface area contributed by atoms with Gasteiger partial charge in [-0.15, -0.1) is 12.4 Å². The van der Waals surface area contributed by atoms with Gasteiger partial charge in [0.1, 0.15) is 11.6 Å². The summed E-state index contributed by atoms with van der Waals surface area (Å²) in [5.41, 5.74) is 6.09. The van der Waals surface area contributed by atoms with Crippen LogP contribution in [0.3, 0.4) is 0 Å². The maximum atomic E-state index is 13.9. The fourth-order valence-corrected chi connectivity index (χ4v) is 4.06. The Hall–Kier alpha value is -3.12. The molecular weight excluding hydrogens is 517 g/mol. The van der Waals surface area contributed by atoms with Gasteiger partial charge in [0.2, 0.25) is 11.7 Å². The van der Waals surface area contributed by atoms with Gasteiger partial charge in [0, 0.05) is 37.2 Å². The lowest BCUT2D eigenvalue weighted by Gasteiger charge is -2.30. The summed E-state index contributed by atoms with van der Waals surface area (Å²) in [6.07, 6.45) is -5.29. The van der Waals surface area contributed by atoms with Gasteiger partial charge in [-0.3, -0.25) is 4.79 Å². The van der Waals surface area contributed by atoms with Crippen LogP contribution in [-0.2, 0) is 30.5 Å². The SMILES string of the molecule is Cl.NC(CC(=O)N1CCn2c(C(F)(F)F)nc(-c3ccc(F)cc3)c2C1)Cc1cc(F)c(F)cc1F. The zero-order chi connectivity index (χ0) is 25.5. The summed E-state index contributed by atoms with van der Waals surface area (Å²) in [4.78, 5) is 17.9. The van der Waals surface area contributed by atoms with E-state index in [4.69, 9.17) is 5.73 Å². The van der Waals surface area contributed by atoms with Crippen LogP contribution >= 0.6 is 12.4 Å². The number of amides is 1. The topological polar surface area (TPSA) is 64.2 Å². The van der Waals surface area contributed by atoms with Crippen molar-refractivity contribution in [1.29, 1.82) is 0 Å². The van der Waals surface area contributed by atoms with E-state index in [1.54, 1.807) is 0 Å². The van der Waals surface area contributed by atoms with Crippen LogP contribution in [0.4, 0.5) is 30.7 Å². The largest absolute Gasteiger partial charge is 0.449 e. The molecule has 0 radical (unpaired) electrons. The summed E-state index contributed by atoms with van der Waals surface area (Å²) in [5, 5.41) is 0. The minimum Gasteiger partial charge on any atom is -0.335 e. The molecule has 2 aromatic carbocycles. The van der Waals surface area contributed by atoms with Crippen molar-refractivity contribution in [2.24, 2.45) is 5.73 Å². The second-order valence-electron chi connectivity index (χ2n) is 8.23. The molecule has 2 N–H and O–H groups in total. The molecule has 194 valence electrons. The molecule has 13 heteroatoms. The number of aromatic nitrogens is 2. The average molecular weight is 537 g/mol. The number of hydrogen-bond donors (Lipinski definition) is 1. The minimum absolute atomic E-state index is 0. The monoisotopic (exact) mass is 536 g/mol. The zero-order valence-electron chi connectivity index (χ0n) is 18.5. The van der Waals surface area contributed by atoms with Crippen molar-refractivity contribution < 1.29 is 35.5 Å². The number of rotatable bonds is 5. The first-order valence-electron chi connectivity index (χ1n) is 10.5. The maximum absolute atomic E-state index is 13.9. The highest BCUT2D eigenvalue weighted by molar-refractivity contribution is 5.85. The summed E-state index contributed by atoms with van der Waals surface area (Å²) in [6, 6.07) is 4.89. The summed E-state index contributed by atoms with van der Waals surface area (Å²) in [6.45, 7) is -0.446. The molecular formula is C23H20ClF7N4O. The molecule has 1 unspecified atom stereocenters. The van der Waals surface area contributed by atoms with Crippen LogP contribution in [-0.4, -0.2) is 32.9 Å². The first-order valence-corrected chi connectivity index (χ1v) is 10.5. The Morgan fingerprint density at radius 3 is 2.28 bits per heavy atom. The number of carbonyl (C=O) groups excluding carboxylic acids is 1. The van der Waals surface area contributed by atoms with Crippen molar-refractivity contribution in [3.63, 3.8) is 0 Å². The van der Waals surface area contributed by atoms with E-state index >= 15 is 0 Å². The lowest BCUT2D eigenvalue weighted by Crippen LogP contribution is -2.42. The van der Waals surface area contributed by atoms with Gasteiger partial charge in [-0.25, -0.2) is 22.5 Å². The summed E-state index contributed by atoms with van der Waals surface area (Å²) < 4.78 is 95.4. The van der Waals surface area contributed by atoms with Gasteiger partial charge < -0.3 is 15.2 Å². The number of halogens is 8. The standard InChI is InChI=1S/C23H19F7N4O.ClH/c24-14-3-1-12(2-4-14)21-19-11-33(5-6-34(19)22(32-21)23(28,29)30)20(35)9-15(31)7-13-8-17(26)18(27)10-16(13)25;/h1-4,8,10,15H,5-7,9,11,31H2;1H. The third kappa shape index (κ3) is 5.65. The Kier molecular flexibility index (Phi) is 7.99. The van der Waals surface area contributed by atoms with E-state index < -0.39 is 47.2 Å². The third-order valence-electron chi connectivity index (χ3n) is 5.74. The fraction of sp³-hybridized carbons (Fsp3) is 0.304. The molecule has 5 nitrogen and oxygen atoms in total. The van der Waals surface area contributed by atoms with E-state index in [0.29, 0.717) is 12.1 Å². The highest BCUT2D eigenvalue weighted by Crippen LogP contribution is 2.36. The van der Waals surface area contributed by atoms with E-state index in [1.165, 1.54) is 17.0 Å². The number of nitrogens with two attached hydrogens (primary N) is 1. The quantitative estimate of drug-likeness (QED) is 0.375. The Morgan fingerprint density at radius 1 is 1.00 bits per heavy atom. The average Bonchev–Trinajstić information content (AvgIpc) is 3.17. The van der Waals surface area contributed by atoms with E-state index in [9.17, 15) is 35.5 Å². The van der Waals surface area contributed by atoms with E-state index in [2.05, 4.69) is 4.98 Å². The molecule has 0 saturated heterocycles. The molecule has 1 atom stereocenters. The van der Waals surface area contributed by atoms with Crippen LogP contribution in [0.2, 0.25) is 0 Å². The molecule has 0 spiro atoms. The second-order valence-corrected chi connectivity index (χ2v) is 8.23. The molecule has 1 aromatic heterocycles. The van der Waals surface area contributed by atoms with Gasteiger partial charge in [-0.1, -0.05) is 0 Å². The molecule has 0 fully saturated rings. The van der Waals surface area contributed by atoms with Crippen LogP contribution in [0.25, 0.3) is 11.3 Å². The first kappa shape index (κ1) is 27.5. The third-order valence-corrected chi connectivity index (χ3v) is 5.74. The molecule has 1 aliphatic heterocycles. The van der Waals surface area contributed by atoms with Gasteiger partial charge in [0.15, 0.2) is 11.6 Å². The number of imidazole rings is 1. The number of hydrogen-bond acceptors (Lipinski definition) is 3. The van der Waals surface area contributed by atoms with Gasteiger partial charge >= 0.3 is 6.18 Å². The number of carbonyl (C=O) groups is 1. The van der Waals surface area contributed by atoms with Gasteiger partial charge in [0.05, 0.1) is 17.9 Å².